The minimum absolute atomic E-state index is 0.0400. The maximum Gasteiger partial charge on any atom is 0.262 e. The quantitative estimate of drug-likeness (QED) is 0.642. The number of nitrogens with zero attached hydrogens (tertiary/aromatic N) is 2. The van der Waals surface area contributed by atoms with E-state index >= 15 is 0 Å². The molecule has 0 saturated carbocycles. The van der Waals surface area contributed by atoms with Crippen molar-refractivity contribution in [2.75, 3.05) is 25.9 Å². The van der Waals surface area contributed by atoms with Gasteiger partial charge in [0.2, 0.25) is 10.0 Å². The smallest absolute Gasteiger partial charge is 0.262 e. The summed E-state index contributed by atoms with van der Waals surface area (Å²) in [6.45, 7) is 3.96. The Morgan fingerprint density at radius 2 is 1.76 bits per heavy atom. The van der Waals surface area contributed by atoms with Gasteiger partial charge < -0.3 is 10.5 Å². The number of carbonyl (C=O) groups excluding carboxylic acids is 2. The van der Waals surface area contributed by atoms with Crippen LogP contribution in [0.1, 0.15) is 34.6 Å². The third-order valence-electron chi connectivity index (χ3n) is 4.69. The monoisotopic (exact) mass is 420 g/mol. The second-order valence-electron chi connectivity index (χ2n) is 6.20. The minimum Gasteiger partial charge on any atom is -0.495 e. The third kappa shape index (κ3) is 3.17. The molecule has 1 aliphatic rings. The van der Waals surface area contributed by atoms with Crippen LogP contribution in [0, 0.1) is 0 Å². The first-order valence-corrected chi connectivity index (χ1v) is 10.2. The Balaban J connectivity index is 2.31. The molecule has 0 radical (unpaired) electrons. The van der Waals surface area contributed by atoms with Crippen molar-refractivity contribution in [1.29, 1.82) is 0 Å². The molecule has 3 rings (SSSR count). The lowest BCUT2D eigenvalue weighted by atomic mass is 10.1. The number of nitrogens with one attached hydrogen (secondary N) is 1. The fourth-order valence-corrected chi connectivity index (χ4v) is 4.72. The van der Waals surface area contributed by atoms with Gasteiger partial charge in [-0.05, 0) is 18.2 Å². The van der Waals surface area contributed by atoms with E-state index in [1.807, 2.05) is 0 Å². The van der Waals surface area contributed by atoms with Gasteiger partial charge in [-0.25, -0.2) is 8.42 Å². The number of sulfonamides is 1. The van der Waals surface area contributed by atoms with E-state index in [-0.39, 0.29) is 46.4 Å². The van der Waals surface area contributed by atoms with Crippen molar-refractivity contribution in [3.8, 4) is 11.4 Å². The summed E-state index contributed by atoms with van der Waals surface area (Å²) in [5.74, 6) is -1.57. The minimum atomic E-state index is -3.83. The van der Waals surface area contributed by atoms with Crippen LogP contribution in [0.3, 0.4) is 0 Å². The van der Waals surface area contributed by atoms with E-state index in [9.17, 15) is 22.8 Å². The van der Waals surface area contributed by atoms with E-state index in [0.29, 0.717) is 0 Å². The Morgan fingerprint density at radius 3 is 2.34 bits per heavy atom. The number of pyridine rings is 1. The van der Waals surface area contributed by atoms with E-state index in [1.54, 1.807) is 13.8 Å². The van der Waals surface area contributed by atoms with Crippen molar-refractivity contribution in [2.45, 2.75) is 18.7 Å². The first-order chi connectivity index (χ1) is 13.7. The summed E-state index contributed by atoms with van der Waals surface area (Å²) >= 11 is 0. The molecule has 3 N–H and O–H groups in total. The molecule has 154 valence electrons. The van der Waals surface area contributed by atoms with Gasteiger partial charge >= 0.3 is 0 Å². The maximum atomic E-state index is 12.9. The van der Waals surface area contributed by atoms with Crippen molar-refractivity contribution < 1.29 is 22.7 Å². The van der Waals surface area contributed by atoms with Gasteiger partial charge in [-0.15, -0.1) is 0 Å². The predicted octanol–water partition coefficient (Wildman–Crippen LogP) is 0.342. The van der Waals surface area contributed by atoms with E-state index in [0.717, 1.165) is 10.6 Å². The molecular formula is C18H20N4O6S. The van der Waals surface area contributed by atoms with Crippen LogP contribution in [-0.2, 0) is 10.0 Å². The second kappa shape index (κ2) is 7.33. The number of anilines is 1. The molecule has 0 saturated heterocycles. The summed E-state index contributed by atoms with van der Waals surface area (Å²) < 4.78 is 33.3. The van der Waals surface area contributed by atoms with E-state index < -0.39 is 27.4 Å². The Hall–Kier alpha value is -3.18. The molecule has 29 heavy (non-hydrogen) atoms. The zero-order valence-electron chi connectivity index (χ0n) is 16.1. The molecule has 0 unspecified atom stereocenters. The molecule has 11 heteroatoms. The summed E-state index contributed by atoms with van der Waals surface area (Å²) in [5.41, 5.74) is 5.11. The summed E-state index contributed by atoms with van der Waals surface area (Å²) in [6.07, 6.45) is 0. The number of imide groups is 1. The molecule has 1 aliphatic heterocycles. The van der Waals surface area contributed by atoms with Crippen molar-refractivity contribution in [1.82, 2.24) is 14.2 Å². The highest BCUT2D eigenvalue weighted by Crippen LogP contribution is 2.30. The maximum absolute atomic E-state index is 12.9. The Kier molecular flexibility index (Phi) is 5.20. The van der Waals surface area contributed by atoms with Crippen molar-refractivity contribution in [2.24, 2.45) is 0 Å². The Labute approximate surface area is 166 Å². The van der Waals surface area contributed by atoms with Gasteiger partial charge in [-0.1, -0.05) is 13.8 Å². The summed E-state index contributed by atoms with van der Waals surface area (Å²) in [6, 6.07) is 5.00. The van der Waals surface area contributed by atoms with Crippen molar-refractivity contribution >= 4 is 27.7 Å². The lowest BCUT2D eigenvalue weighted by Gasteiger charge is -2.20. The first-order valence-electron chi connectivity index (χ1n) is 8.77. The predicted molar refractivity (Wildman–Crippen MR) is 105 cm³/mol. The highest BCUT2D eigenvalue weighted by molar-refractivity contribution is 7.89. The number of hydrogen-bond acceptors (Lipinski definition) is 7. The van der Waals surface area contributed by atoms with Crippen LogP contribution in [0.25, 0.3) is 5.69 Å². The summed E-state index contributed by atoms with van der Waals surface area (Å²) in [7, 11) is -2.48. The van der Waals surface area contributed by atoms with Crippen LogP contribution in [-0.4, -0.2) is 49.3 Å². The van der Waals surface area contributed by atoms with Crippen LogP contribution in [0.4, 0.5) is 5.82 Å². The van der Waals surface area contributed by atoms with Gasteiger partial charge in [0.05, 0.1) is 28.8 Å². The van der Waals surface area contributed by atoms with E-state index in [2.05, 4.69) is 5.32 Å². The van der Waals surface area contributed by atoms with Crippen LogP contribution < -0.4 is 21.3 Å². The van der Waals surface area contributed by atoms with Gasteiger partial charge in [0.25, 0.3) is 17.4 Å². The van der Waals surface area contributed by atoms with Gasteiger partial charge in [0.15, 0.2) is 0 Å². The Bertz CT molecular complexity index is 1180. The normalized spacial score (nSPS) is 13.5. The van der Waals surface area contributed by atoms with Crippen molar-refractivity contribution in [3.63, 3.8) is 0 Å². The van der Waals surface area contributed by atoms with Gasteiger partial charge in [0.1, 0.15) is 11.6 Å². The van der Waals surface area contributed by atoms with Crippen LogP contribution >= 0.6 is 0 Å². The molecule has 2 amide bonds. The topological polar surface area (TPSA) is 141 Å². The standard InChI is InChI=1S/C18H20N4O6S/c1-4-21(5-2)29(26,27)10-6-7-13(28-3)12(8-10)22-14(23)9-11-15(16(22)19)18(25)20-17(11)24/h6-9H,4-5,19H2,1-3H3,(H,20,24,25). The number of nitrogen functional groups attached to an aromatic ring is 1. The number of nitrogens with two attached hydrogens (primary N) is 1. The summed E-state index contributed by atoms with van der Waals surface area (Å²) in [4.78, 5) is 36.5. The highest BCUT2D eigenvalue weighted by Gasteiger charge is 2.33. The zero-order chi connectivity index (χ0) is 21.5. The largest absolute Gasteiger partial charge is 0.495 e. The third-order valence-corrected chi connectivity index (χ3v) is 6.73. The molecule has 0 spiro atoms. The Morgan fingerprint density at radius 1 is 1.10 bits per heavy atom. The molecule has 1 aromatic carbocycles. The number of ether oxygens (including phenoxy) is 1. The molecule has 2 aromatic rings. The average Bonchev–Trinajstić information content (AvgIpc) is 2.96. The molecule has 2 heterocycles. The number of hydrogen-bond donors (Lipinski definition) is 2. The lowest BCUT2D eigenvalue weighted by Crippen LogP contribution is -2.31. The van der Waals surface area contributed by atoms with Gasteiger partial charge in [-0.2, -0.15) is 4.31 Å². The van der Waals surface area contributed by atoms with Gasteiger partial charge in [0, 0.05) is 19.2 Å². The number of rotatable bonds is 6. The first kappa shape index (κ1) is 20.6. The molecule has 0 fully saturated rings. The van der Waals surface area contributed by atoms with E-state index in [1.165, 1.54) is 29.6 Å². The lowest BCUT2D eigenvalue weighted by molar-refractivity contribution is 0.0880. The van der Waals surface area contributed by atoms with Crippen LogP contribution in [0.15, 0.2) is 34.0 Å². The SMILES string of the molecule is CCN(CC)S(=O)(=O)c1ccc(OC)c(-n2c(N)c3c(cc2=O)C(=O)NC3=O)c1. The van der Waals surface area contributed by atoms with Gasteiger partial charge in [-0.3, -0.25) is 24.3 Å². The number of aromatic nitrogens is 1. The van der Waals surface area contributed by atoms with Crippen molar-refractivity contribution in [3.05, 3.63) is 45.7 Å². The zero-order valence-corrected chi connectivity index (χ0v) is 16.9. The molecule has 1 aromatic heterocycles. The number of carbonyl (C=O) groups is 2. The number of benzene rings is 1. The molecule has 0 bridgehead atoms. The number of methoxy groups -OCH3 is 1. The highest BCUT2D eigenvalue weighted by atomic mass is 32.2. The molecule has 10 nitrogen and oxygen atoms in total. The van der Waals surface area contributed by atoms with E-state index in [4.69, 9.17) is 10.5 Å². The fraction of sp³-hybridized carbons (Fsp3) is 0.278. The number of amides is 2. The second-order valence-corrected chi connectivity index (χ2v) is 8.14. The number of fused-ring (bicyclic) bond motifs is 1. The fourth-order valence-electron chi connectivity index (χ4n) is 3.25. The summed E-state index contributed by atoms with van der Waals surface area (Å²) in [5, 5.41) is 2.08. The average molecular weight is 420 g/mol. The molecular weight excluding hydrogens is 400 g/mol. The molecule has 0 aliphatic carbocycles. The van der Waals surface area contributed by atoms with Crippen LogP contribution in [0.2, 0.25) is 0 Å². The molecule has 0 atom stereocenters. The van der Waals surface area contributed by atoms with Crippen LogP contribution in [0.5, 0.6) is 5.75 Å².